The largest absolute Gasteiger partial charge is 0.373 e. The summed E-state index contributed by atoms with van der Waals surface area (Å²) < 4.78 is 5.29. The van der Waals surface area contributed by atoms with Crippen molar-refractivity contribution in [3.8, 4) is 0 Å². The Balaban J connectivity index is 4.47. The van der Waals surface area contributed by atoms with Crippen LogP contribution in [0.15, 0.2) is 0 Å². The molecule has 0 radical (unpaired) electrons. The van der Waals surface area contributed by atoms with Crippen LogP contribution in [0.2, 0.25) is 0 Å². The van der Waals surface area contributed by atoms with E-state index in [2.05, 4.69) is 6.92 Å². The average Bonchev–Trinajstić information content (AvgIpc) is 2.03. The van der Waals surface area contributed by atoms with E-state index in [-0.39, 0.29) is 23.2 Å². The molecule has 0 spiro atoms. The third kappa shape index (κ3) is 3.79. The molecule has 2 heteroatoms. The Bertz CT molecular complexity index is 179. The van der Waals surface area contributed by atoms with E-state index in [1.165, 1.54) is 0 Å². The SMILES string of the molecule is CCCC(C)C(=O)C(OC)C(C)(C)C. The molecule has 84 valence electrons. The summed E-state index contributed by atoms with van der Waals surface area (Å²) >= 11 is 0. The van der Waals surface area contributed by atoms with Crippen LogP contribution in [-0.4, -0.2) is 19.0 Å². The lowest BCUT2D eigenvalue weighted by molar-refractivity contribution is -0.138. The zero-order chi connectivity index (χ0) is 11.4. The monoisotopic (exact) mass is 200 g/mol. The summed E-state index contributed by atoms with van der Waals surface area (Å²) in [5.74, 6) is 0.353. The second-order valence-corrected chi connectivity index (χ2v) is 5.07. The van der Waals surface area contributed by atoms with Crippen LogP contribution in [0, 0.1) is 11.3 Å². The topological polar surface area (TPSA) is 26.3 Å². The Morgan fingerprint density at radius 2 is 1.86 bits per heavy atom. The van der Waals surface area contributed by atoms with Gasteiger partial charge in [0, 0.05) is 13.0 Å². The third-order valence-corrected chi connectivity index (χ3v) is 2.49. The van der Waals surface area contributed by atoms with E-state index in [0.717, 1.165) is 12.8 Å². The molecule has 0 aliphatic rings. The van der Waals surface area contributed by atoms with Gasteiger partial charge in [-0.15, -0.1) is 0 Å². The summed E-state index contributed by atoms with van der Waals surface area (Å²) in [6, 6.07) is 0. The molecule has 0 rings (SSSR count). The molecule has 0 aromatic rings. The van der Waals surface area contributed by atoms with Gasteiger partial charge in [0.05, 0.1) is 0 Å². The molecule has 0 aromatic heterocycles. The molecule has 0 saturated heterocycles. The first-order valence-electron chi connectivity index (χ1n) is 5.41. The quantitative estimate of drug-likeness (QED) is 0.682. The highest BCUT2D eigenvalue weighted by molar-refractivity contribution is 5.85. The molecule has 0 bridgehead atoms. The van der Waals surface area contributed by atoms with Crippen LogP contribution in [0.4, 0.5) is 0 Å². The number of Topliss-reactive ketones (excluding diaryl/α,β-unsaturated/α-hetero) is 1. The van der Waals surface area contributed by atoms with E-state index < -0.39 is 0 Å². The van der Waals surface area contributed by atoms with Crippen molar-refractivity contribution in [3.63, 3.8) is 0 Å². The van der Waals surface area contributed by atoms with Crippen molar-refractivity contribution in [1.29, 1.82) is 0 Å². The number of methoxy groups -OCH3 is 1. The number of carbonyl (C=O) groups excluding carboxylic acids is 1. The average molecular weight is 200 g/mol. The molecule has 0 aromatic carbocycles. The molecule has 2 nitrogen and oxygen atoms in total. The molecule has 0 aliphatic heterocycles. The minimum Gasteiger partial charge on any atom is -0.373 e. The molecule has 14 heavy (non-hydrogen) atoms. The number of rotatable bonds is 5. The van der Waals surface area contributed by atoms with Gasteiger partial charge < -0.3 is 4.74 Å². The van der Waals surface area contributed by atoms with E-state index in [4.69, 9.17) is 4.74 Å². The van der Waals surface area contributed by atoms with Crippen LogP contribution in [0.25, 0.3) is 0 Å². The van der Waals surface area contributed by atoms with Crippen molar-refractivity contribution in [2.24, 2.45) is 11.3 Å². The Morgan fingerprint density at radius 3 is 2.14 bits per heavy atom. The van der Waals surface area contributed by atoms with Gasteiger partial charge >= 0.3 is 0 Å². The van der Waals surface area contributed by atoms with E-state index in [9.17, 15) is 4.79 Å². The minimum absolute atomic E-state index is 0.103. The zero-order valence-corrected chi connectivity index (χ0v) is 10.4. The Morgan fingerprint density at radius 1 is 1.36 bits per heavy atom. The van der Waals surface area contributed by atoms with Gasteiger partial charge in [0.15, 0.2) is 5.78 Å². The summed E-state index contributed by atoms with van der Waals surface area (Å²) in [4.78, 5) is 12.0. The summed E-state index contributed by atoms with van der Waals surface area (Å²) in [7, 11) is 1.62. The normalized spacial score (nSPS) is 16.4. The van der Waals surface area contributed by atoms with Gasteiger partial charge in [-0.1, -0.05) is 41.0 Å². The van der Waals surface area contributed by atoms with E-state index in [1.54, 1.807) is 7.11 Å². The fourth-order valence-corrected chi connectivity index (χ4v) is 1.73. The second kappa shape index (κ2) is 5.50. The summed E-state index contributed by atoms with van der Waals surface area (Å²) in [5.41, 5.74) is -0.103. The van der Waals surface area contributed by atoms with Gasteiger partial charge in [-0.05, 0) is 11.8 Å². The molecular weight excluding hydrogens is 176 g/mol. The molecule has 0 aliphatic carbocycles. The van der Waals surface area contributed by atoms with Gasteiger partial charge in [-0.25, -0.2) is 0 Å². The summed E-state index contributed by atoms with van der Waals surface area (Å²) in [6.45, 7) is 10.2. The highest BCUT2D eigenvalue weighted by Gasteiger charge is 2.33. The standard InChI is InChI=1S/C12H24O2/c1-7-8-9(2)10(13)11(14-6)12(3,4)5/h9,11H,7-8H2,1-6H3. The van der Waals surface area contributed by atoms with Crippen LogP contribution in [0.5, 0.6) is 0 Å². The second-order valence-electron chi connectivity index (χ2n) is 5.07. The fraction of sp³-hybridized carbons (Fsp3) is 0.917. The summed E-state index contributed by atoms with van der Waals surface area (Å²) in [6.07, 6.45) is 1.73. The Kier molecular flexibility index (Phi) is 5.35. The smallest absolute Gasteiger partial charge is 0.164 e. The maximum Gasteiger partial charge on any atom is 0.164 e. The first kappa shape index (κ1) is 13.6. The number of hydrogen-bond acceptors (Lipinski definition) is 2. The highest BCUT2D eigenvalue weighted by atomic mass is 16.5. The maximum atomic E-state index is 12.0. The molecule has 0 N–H and O–H groups in total. The van der Waals surface area contributed by atoms with E-state index >= 15 is 0 Å². The predicted octanol–water partition coefficient (Wildman–Crippen LogP) is 3.05. The van der Waals surface area contributed by atoms with Crippen LogP contribution < -0.4 is 0 Å². The van der Waals surface area contributed by atoms with Gasteiger partial charge in [-0.3, -0.25) is 4.79 Å². The molecular formula is C12H24O2. The van der Waals surface area contributed by atoms with Crippen molar-refractivity contribution in [2.75, 3.05) is 7.11 Å². The third-order valence-electron chi connectivity index (χ3n) is 2.49. The van der Waals surface area contributed by atoms with Crippen molar-refractivity contribution in [3.05, 3.63) is 0 Å². The molecule has 0 saturated carbocycles. The first-order chi connectivity index (χ1) is 6.34. The molecule has 2 unspecified atom stereocenters. The molecule has 0 amide bonds. The Labute approximate surface area is 88.0 Å². The van der Waals surface area contributed by atoms with Gasteiger partial charge in [0.1, 0.15) is 6.10 Å². The molecule has 0 fully saturated rings. The van der Waals surface area contributed by atoms with Crippen molar-refractivity contribution < 1.29 is 9.53 Å². The highest BCUT2D eigenvalue weighted by Crippen LogP contribution is 2.25. The minimum atomic E-state index is -0.274. The fourth-order valence-electron chi connectivity index (χ4n) is 1.73. The van der Waals surface area contributed by atoms with Crippen LogP contribution >= 0.6 is 0 Å². The zero-order valence-electron chi connectivity index (χ0n) is 10.4. The number of carbonyl (C=O) groups is 1. The van der Waals surface area contributed by atoms with Gasteiger partial charge in [0.2, 0.25) is 0 Å². The van der Waals surface area contributed by atoms with Crippen LogP contribution in [-0.2, 0) is 9.53 Å². The van der Waals surface area contributed by atoms with Gasteiger partial charge in [0.25, 0.3) is 0 Å². The molecule has 0 heterocycles. The van der Waals surface area contributed by atoms with Crippen molar-refractivity contribution >= 4 is 5.78 Å². The van der Waals surface area contributed by atoms with Crippen molar-refractivity contribution in [2.45, 2.75) is 53.6 Å². The molecule has 2 atom stereocenters. The first-order valence-corrected chi connectivity index (χ1v) is 5.41. The van der Waals surface area contributed by atoms with E-state index in [1.807, 2.05) is 27.7 Å². The maximum absolute atomic E-state index is 12.0. The number of hydrogen-bond donors (Lipinski definition) is 0. The lowest BCUT2D eigenvalue weighted by Gasteiger charge is -2.30. The predicted molar refractivity (Wildman–Crippen MR) is 59.3 cm³/mol. The number of ether oxygens (including phenoxy) is 1. The van der Waals surface area contributed by atoms with Gasteiger partial charge in [-0.2, -0.15) is 0 Å². The van der Waals surface area contributed by atoms with E-state index in [0.29, 0.717) is 0 Å². The van der Waals surface area contributed by atoms with Crippen LogP contribution in [0.1, 0.15) is 47.5 Å². The summed E-state index contributed by atoms with van der Waals surface area (Å²) in [5, 5.41) is 0. The lowest BCUT2D eigenvalue weighted by atomic mass is 9.82. The number of ketones is 1. The lowest BCUT2D eigenvalue weighted by Crippen LogP contribution is -2.39. The van der Waals surface area contributed by atoms with Crippen molar-refractivity contribution in [1.82, 2.24) is 0 Å². The van der Waals surface area contributed by atoms with Crippen LogP contribution in [0.3, 0.4) is 0 Å². The Hall–Kier alpha value is -0.370.